The number of hydrogen-bond acceptors (Lipinski definition) is 4. The van der Waals surface area contributed by atoms with Gasteiger partial charge in [0.25, 0.3) is 0 Å². The SMILES string of the molecule is COC(=O)C(C(C)C)N1CCN(c2ccccc2)CC1. The second kappa shape index (κ2) is 6.75. The van der Waals surface area contributed by atoms with E-state index in [0.717, 1.165) is 26.2 Å². The molecule has 110 valence electrons. The van der Waals surface area contributed by atoms with Crippen molar-refractivity contribution in [3.05, 3.63) is 30.3 Å². The van der Waals surface area contributed by atoms with E-state index in [4.69, 9.17) is 4.74 Å². The van der Waals surface area contributed by atoms with Gasteiger partial charge in [0, 0.05) is 31.9 Å². The topological polar surface area (TPSA) is 32.8 Å². The Morgan fingerprint density at radius 2 is 1.70 bits per heavy atom. The van der Waals surface area contributed by atoms with Crippen molar-refractivity contribution < 1.29 is 9.53 Å². The van der Waals surface area contributed by atoms with Crippen LogP contribution < -0.4 is 4.90 Å². The predicted octanol–water partition coefficient (Wildman–Crippen LogP) is 2.01. The lowest BCUT2D eigenvalue weighted by molar-refractivity contribution is -0.149. The number of piperazine rings is 1. The van der Waals surface area contributed by atoms with E-state index in [1.54, 1.807) is 0 Å². The molecule has 1 aliphatic rings. The van der Waals surface area contributed by atoms with E-state index in [2.05, 4.69) is 47.9 Å². The van der Waals surface area contributed by atoms with Crippen molar-refractivity contribution in [1.82, 2.24) is 4.90 Å². The molecule has 0 spiro atoms. The van der Waals surface area contributed by atoms with Crippen LogP contribution in [-0.2, 0) is 9.53 Å². The maximum absolute atomic E-state index is 11.9. The number of anilines is 1. The Balaban J connectivity index is 1.98. The van der Waals surface area contributed by atoms with E-state index in [9.17, 15) is 4.79 Å². The van der Waals surface area contributed by atoms with Crippen LogP contribution in [0.25, 0.3) is 0 Å². The highest BCUT2D eigenvalue weighted by Crippen LogP contribution is 2.19. The zero-order chi connectivity index (χ0) is 14.5. The molecule has 0 aromatic heterocycles. The van der Waals surface area contributed by atoms with Crippen LogP contribution in [0.1, 0.15) is 13.8 Å². The Hall–Kier alpha value is -1.55. The summed E-state index contributed by atoms with van der Waals surface area (Å²) in [7, 11) is 1.47. The standard InChI is InChI=1S/C16H24N2O2/c1-13(2)15(16(19)20-3)18-11-9-17(10-12-18)14-7-5-4-6-8-14/h4-8,13,15H,9-12H2,1-3H3. The van der Waals surface area contributed by atoms with Crippen LogP contribution in [0.2, 0.25) is 0 Å². The summed E-state index contributed by atoms with van der Waals surface area (Å²) >= 11 is 0. The van der Waals surface area contributed by atoms with Crippen LogP contribution in [0.5, 0.6) is 0 Å². The minimum Gasteiger partial charge on any atom is -0.468 e. The third kappa shape index (κ3) is 3.31. The lowest BCUT2D eigenvalue weighted by Crippen LogP contribution is -2.54. The highest BCUT2D eigenvalue weighted by Gasteiger charge is 2.32. The number of benzene rings is 1. The second-order valence-corrected chi connectivity index (χ2v) is 5.57. The fourth-order valence-corrected chi connectivity index (χ4v) is 2.86. The predicted molar refractivity (Wildman–Crippen MR) is 80.9 cm³/mol. The van der Waals surface area contributed by atoms with Gasteiger partial charge in [-0.05, 0) is 18.1 Å². The summed E-state index contributed by atoms with van der Waals surface area (Å²) in [4.78, 5) is 16.5. The number of esters is 1. The van der Waals surface area contributed by atoms with Gasteiger partial charge in [0.05, 0.1) is 7.11 Å². The minimum atomic E-state index is -0.127. The van der Waals surface area contributed by atoms with E-state index in [1.165, 1.54) is 12.8 Å². The molecule has 4 heteroatoms. The first-order valence-electron chi connectivity index (χ1n) is 7.25. The number of methoxy groups -OCH3 is 1. The molecule has 1 saturated heterocycles. The molecule has 1 atom stereocenters. The van der Waals surface area contributed by atoms with Crippen LogP contribution in [0.3, 0.4) is 0 Å². The minimum absolute atomic E-state index is 0.117. The zero-order valence-electron chi connectivity index (χ0n) is 12.6. The summed E-state index contributed by atoms with van der Waals surface area (Å²) in [6.45, 7) is 7.84. The van der Waals surface area contributed by atoms with Crippen molar-refractivity contribution in [2.45, 2.75) is 19.9 Å². The Kier molecular flexibility index (Phi) is 5.01. The molecule has 1 aromatic carbocycles. The lowest BCUT2D eigenvalue weighted by atomic mass is 10.0. The zero-order valence-corrected chi connectivity index (χ0v) is 12.6. The Labute approximate surface area is 121 Å². The molecule has 0 N–H and O–H groups in total. The molecule has 0 aliphatic carbocycles. The molecule has 1 unspecified atom stereocenters. The highest BCUT2D eigenvalue weighted by atomic mass is 16.5. The Bertz CT molecular complexity index is 425. The number of para-hydroxylation sites is 1. The molecule has 0 saturated carbocycles. The number of carbonyl (C=O) groups excluding carboxylic acids is 1. The fraction of sp³-hybridized carbons (Fsp3) is 0.562. The molecule has 1 heterocycles. The largest absolute Gasteiger partial charge is 0.468 e. The van der Waals surface area contributed by atoms with Crippen LogP contribution in [0.15, 0.2) is 30.3 Å². The van der Waals surface area contributed by atoms with Gasteiger partial charge in [-0.15, -0.1) is 0 Å². The van der Waals surface area contributed by atoms with Crippen molar-refractivity contribution in [2.24, 2.45) is 5.92 Å². The van der Waals surface area contributed by atoms with Gasteiger partial charge in [-0.1, -0.05) is 32.0 Å². The van der Waals surface area contributed by atoms with Crippen molar-refractivity contribution >= 4 is 11.7 Å². The van der Waals surface area contributed by atoms with Gasteiger partial charge in [-0.2, -0.15) is 0 Å². The van der Waals surface area contributed by atoms with E-state index < -0.39 is 0 Å². The van der Waals surface area contributed by atoms with Gasteiger partial charge in [0.2, 0.25) is 0 Å². The second-order valence-electron chi connectivity index (χ2n) is 5.57. The molecule has 20 heavy (non-hydrogen) atoms. The average molecular weight is 276 g/mol. The summed E-state index contributed by atoms with van der Waals surface area (Å²) in [6, 6.07) is 10.3. The maximum atomic E-state index is 11.9. The highest BCUT2D eigenvalue weighted by molar-refractivity contribution is 5.76. The summed E-state index contributed by atoms with van der Waals surface area (Å²) in [5.74, 6) is 0.152. The van der Waals surface area contributed by atoms with E-state index in [-0.39, 0.29) is 17.9 Å². The first kappa shape index (κ1) is 14.9. The van der Waals surface area contributed by atoms with E-state index >= 15 is 0 Å². The van der Waals surface area contributed by atoms with Gasteiger partial charge < -0.3 is 9.64 Å². The average Bonchev–Trinajstić information content (AvgIpc) is 2.48. The summed E-state index contributed by atoms with van der Waals surface area (Å²) < 4.78 is 4.94. The molecule has 1 fully saturated rings. The van der Waals surface area contributed by atoms with E-state index in [0.29, 0.717) is 0 Å². The van der Waals surface area contributed by atoms with Crippen LogP contribution in [0, 0.1) is 5.92 Å². The normalized spacial score (nSPS) is 18.1. The molecule has 2 rings (SSSR count). The Morgan fingerprint density at radius 3 is 2.20 bits per heavy atom. The number of rotatable bonds is 4. The van der Waals surface area contributed by atoms with Crippen LogP contribution >= 0.6 is 0 Å². The van der Waals surface area contributed by atoms with E-state index in [1.807, 2.05) is 6.07 Å². The first-order valence-corrected chi connectivity index (χ1v) is 7.25. The summed E-state index contributed by atoms with van der Waals surface area (Å²) in [5, 5.41) is 0. The third-order valence-electron chi connectivity index (χ3n) is 3.90. The molecular weight excluding hydrogens is 252 g/mol. The first-order chi connectivity index (χ1) is 9.63. The van der Waals surface area contributed by atoms with Gasteiger partial charge in [-0.25, -0.2) is 0 Å². The smallest absolute Gasteiger partial charge is 0.323 e. The maximum Gasteiger partial charge on any atom is 0.323 e. The monoisotopic (exact) mass is 276 g/mol. The molecule has 1 aromatic rings. The molecule has 0 amide bonds. The van der Waals surface area contributed by atoms with Crippen LogP contribution in [0.4, 0.5) is 5.69 Å². The van der Waals surface area contributed by atoms with Gasteiger partial charge in [0.15, 0.2) is 0 Å². The number of ether oxygens (including phenoxy) is 1. The summed E-state index contributed by atoms with van der Waals surface area (Å²) in [6.07, 6.45) is 0. The van der Waals surface area contributed by atoms with Gasteiger partial charge >= 0.3 is 5.97 Å². The number of hydrogen-bond donors (Lipinski definition) is 0. The molecule has 0 radical (unpaired) electrons. The molecule has 0 bridgehead atoms. The van der Waals surface area contributed by atoms with Crippen molar-refractivity contribution in [1.29, 1.82) is 0 Å². The van der Waals surface area contributed by atoms with Gasteiger partial charge in [0.1, 0.15) is 6.04 Å². The number of nitrogens with zero attached hydrogens (tertiary/aromatic N) is 2. The van der Waals surface area contributed by atoms with Crippen molar-refractivity contribution in [2.75, 3.05) is 38.2 Å². The molecular formula is C16H24N2O2. The molecule has 4 nitrogen and oxygen atoms in total. The lowest BCUT2D eigenvalue weighted by Gasteiger charge is -2.40. The summed E-state index contributed by atoms with van der Waals surface area (Å²) in [5.41, 5.74) is 1.26. The fourth-order valence-electron chi connectivity index (χ4n) is 2.86. The molecule has 1 aliphatic heterocycles. The third-order valence-corrected chi connectivity index (χ3v) is 3.90. The number of carbonyl (C=O) groups is 1. The van der Waals surface area contributed by atoms with Gasteiger partial charge in [-0.3, -0.25) is 9.69 Å². The van der Waals surface area contributed by atoms with Crippen LogP contribution in [-0.4, -0.2) is 50.2 Å². The van der Waals surface area contributed by atoms with Crippen molar-refractivity contribution in [3.63, 3.8) is 0 Å². The quantitative estimate of drug-likeness (QED) is 0.788. The van der Waals surface area contributed by atoms with Crippen molar-refractivity contribution in [3.8, 4) is 0 Å². The Morgan fingerprint density at radius 1 is 1.10 bits per heavy atom.